The zero-order valence-electron chi connectivity index (χ0n) is 8.08. The number of carboxylic acid groups (broad SMARTS) is 1. The second kappa shape index (κ2) is 2.93. The highest BCUT2D eigenvalue weighted by atomic mass is 16.4. The highest BCUT2D eigenvalue weighted by Crippen LogP contribution is 2.31. The van der Waals surface area contributed by atoms with Crippen molar-refractivity contribution in [3.8, 4) is 0 Å². The van der Waals surface area contributed by atoms with E-state index in [4.69, 9.17) is 10.8 Å². The number of fused-ring (bicyclic) bond motifs is 1. The minimum atomic E-state index is -1.20. The Morgan fingerprint density at radius 3 is 2.60 bits per heavy atom. The van der Waals surface area contributed by atoms with Gasteiger partial charge < -0.3 is 20.6 Å². The summed E-state index contributed by atoms with van der Waals surface area (Å²) in [5, 5.41) is 8.93. The molecule has 0 aliphatic carbocycles. The maximum absolute atomic E-state index is 11.3. The molecule has 2 rings (SSSR count). The zero-order chi connectivity index (χ0) is 11.3. The van der Waals surface area contributed by atoms with E-state index in [0.717, 1.165) is 9.80 Å². The highest BCUT2D eigenvalue weighted by molar-refractivity contribution is 5.96. The van der Waals surface area contributed by atoms with E-state index in [-0.39, 0.29) is 18.5 Å². The molecule has 2 saturated heterocycles. The van der Waals surface area contributed by atoms with Gasteiger partial charge >= 0.3 is 5.97 Å². The van der Waals surface area contributed by atoms with Crippen molar-refractivity contribution in [1.82, 2.24) is 9.80 Å². The molecule has 7 heteroatoms. The summed E-state index contributed by atoms with van der Waals surface area (Å²) in [6, 6.07) is -1.02. The fourth-order valence-electron chi connectivity index (χ4n) is 2.10. The Morgan fingerprint density at radius 2 is 2.13 bits per heavy atom. The summed E-state index contributed by atoms with van der Waals surface area (Å²) in [5.41, 5.74) is 5.51. The van der Waals surface area contributed by atoms with Crippen LogP contribution in [0.25, 0.3) is 0 Å². The zero-order valence-corrected chi connectivity index (χ0v) is 8.08. The SMILES string of the molecule is CC(=O)N1CC2C(N)C(=O)N2C1C(=O)O. The van der Waals surface area contributed by atoms with Crippen LogP contribution in [0.2, 0.25) is 0 Å². The van der Waals surface area contributed by atoms with Crippen molar-refractivity contribution in [3.63, 3.8) is 0 Å². The topological polar surface area (TPSA) is 104 Å². The summed E-state index contributed by atoms with van der Waals surface area (Å²) >= 11 is 0. The molecule has 0 aromatic rings. The molecule has 2 amide bonds. The lowest BCUT2D eigenvalue weighted by molar-refractivity contribution is -0.164. The first-order valence-electron chi connectivity index (χ1n) is 4.53. The molecule has 0 bridgehead atoms. The average molecular weight is 213 g/mol. The average Bonchev–Trinajstić information content (AvgIpc) is 2.53. The van der Waals surface area contributed by atoms with Gasteiger partial charge in [-0.05, 0) is 0 Å². The normalized spacial score (nSPS) is 33.7. The first-order valence-corrected chi connectivity index (χ1v) is 4.53. The first kappa shape index (κ1) is 9.91. The van der Waals surface area contributed by atoms with E-state index in [1.807, 2.05) is 0 Å². The van der Waals surface area contributed by atoms with Gasteiger partial charge in [-0.3, -0.25) is 9.59 Å². The van der Waals surface area contributed by atoms with Gasteiger partial charge in [0.2, 0.25) is 18.0 Å². The maximum Gasteiger partial charge on any atom is 0.347 e. The molecule has 2 heterocycles. The molecule has 82 valence electrons. The predicted molar refractivity (Wildman–Crippen MR) is 47.4 cm³/mol. The van der Waals surface area contributed by atoms with Crippen molar-refractivity contribution in [3.05, 3.63) is 0 Å². The molecule has 3 N–H and O–H groups in total. The molecule has 15 heavy (non-hydrogen) atoms. The molecule has 0 saturated carbocycles. The van der Waals surface area contributed by atoms with Gasteiger partial charge in [-0.1, -0.05) is 0 Å². The van der Waals surface area contributed by atoms with Crippen LogP contribution in [0.1, 0.15) is 6.92 Å². The Hall–Kier alpha value is -1.63. The second-order valence-electron chi connectivity index (χ2n) is 3.72. The fourth-order valence-corrected chi connectivity index (χ4v) is 2.10. The summed E-state index contributed by atoms with van der Waals surface area (Å²) in [6.07, 6.45) is -1.18. The summed E-state index contributed by atoms with van der Waals surface area (Å²) < 4.78 is 0. The van der Waals surface area contributed by atoms with Crippen molar-refractivity contribution in [2.24, 2.45) is 5.73 Å². The van der Waals surface area contributed by atoms with Gasteiger partial charge in [-0.15, -0.1) is 0 Å². The Bertz CT molecular complexity index is 354. The number of hydrogen-bond acceptors (Lipinski definition) is 4. The molecule has 2 aliphatic rings. The molecule has 0 radical (unpaired) electrons. The Morgan fingerprint density at radius 1 is 1.53 bits per heavy atom. The number of hydrogen-bond donors (Lipinski definition) is 2. The summed E-state index contributed by atoms with van der Waals surface area (Å²) in [5.74, 6) is -1.97. The molecule has 7 nitrogen and oxygen atoms in total. The lowest BCUT2D eigenvalue weighted by Gasteiger charge is -2.40. The van der Waals surface area contributed by atoms with E-state index in [9.17, 15) is 14.4 Å². The molecular weight excluding hydrogens is 202 g/mol. The summed E-state index contributed by atoms with van der Waals surface area (Å²) in [7, 11) is 0. The molecule has 0 spiro atoms. The number of nitrogens with zero attached hydrogens (tertiary/aromatic N) is 2. The molecule has 2 aliphatic heterocycles. The summed E-state index contributed by atoms with van der Waals surface area (Å²) in [4.78, 5) is 35.7. The third-order valence-electron chi connectivity index (χ3n) is 2.88. The Labute approximate surface area is 85.4 Å². The summed E-state index contributed by atoms with van der Waals surface area (Å²) in [6.45, 7) is 1.48. The second-order valence-corrected chi connectivity index (χ2v) is 3.72. The van der Waals surface area contributed by atoms with Gasteiger partial charge in [0.25, 0.3) is 0 Å². The van der Waals surface area contributed by atoms with Crippen LogP contribution in [0.15, 0.2) is 0 Å². The van der Waals surface area contributed by atoms with Crippen molar-refractivity contribution >= 4 is 17.8 Å². The molecule has 2 fully saturated rings. The van der Waals surface area contributed by atoms with Crippen molar-refractivity contribution in [2.75, 3.05) is 6.54 Å². The number of nitrogens with two attached hydrogens (primary N) is 1. The number of carbonyl (C=O) groups is 3. The van der Waals surface area contributed by atoms with E-state index in [0.29, 0.717) is 0 Å². The minimum absolute atomic E-state index is 0.208. The van der Waals surface area contributed by atoms with Crippen molar-refractivity contribution < 1.29 is 19.5 Å². The van der Waals surface area contributed by atoms with E-state index < -0.39 is 24.1 Å². The van der Waals surface area contributed by atoms with Gasteiger partial charge in [-0.25, -0.2) is 4.79 Å². The largest absolute Gasteiger partial charge is 0.478 e. The predicted octanol–water partition coefficient (Wildman–Crippen LogP) is -2.20. The van der Waals surface area contributed by atoms with Gasteiger partial charge in [0, 0.05) is 13.5 Å². The number of carbonyl (C=O) groups excluding carboxylic acids is 2. The van der Waals surface area contributed by atoms with Crippen LogP contribution in [-0.4, -0.2) is 57.5 Å². The van der Waals surface area contributed by atoms with Crippen LogP contribution >= 0.6 is 0 Å². The monoisotopic (exact) mass is 213 g/mol. The lowest BCUT2D eigenvalue weighted by Crippen LogP contribution is -2.69. The Kier molecular flexibility index (Phi) is 1.93. The van der Waals surface area contributed by atoms with Crippen LogP contribution in [0.3, 0.4) is 0 Å². The van der Waals surface area contributed by atoms with Crippen LogP contribution in [0, 0.1) is 0 Å². The first-order chi connectivity index (χ1) is 6.95. The van der Waals surface area contributed by atoms with E-state index in [2.05, 4.69) is 0 Å². The number of aliphatic carboxylic acids is 1. The smallest absolute Gasteiger partial charge is 0.347 e. The number of carboxylic acids is 1. The molecule has 0 aromatic heterocycles. The van der Waals surface area contributed by atoms with Crippen molar-refractivity contribution in [2.45, 2.75) is 25.2 Å². The minimum Gasteiger partial charge on any atom is -0.478 e. The number of rotatable bonds is 1. The van der Waals surface area contributed by atoms with Crippen LogP contribution < -0.4 is 5.73 Å². The third-order valence-corrected chi connectivity index (χ3v) is 2.88. The van der Waals surface area contributed by atoms with Crippen LogP contribution in [-0.2, 0) is 14.4 Å². The standard InChI is InChI=1S/C8H11N3O4/c1-3(12)10-2-4-5(9)7(13)11(4)6(10)8(14)15/h4-6H,2,9H2,1H3,(H,14,15). The third kappa shape index (κ3) is 1.13. The van der Waals surface area contributed by atoms with Crippen molar-refractivity contribution in [1.29, 1.82) is 0 Å². The lowest BCUT2D eigenvalue weighted by atomic mass is 9.98. The van der Waals surface area contributed by atoms with Crippen LogP contribution in [0.4, 0.5) is 0 Å². The maximum atomic E-state index is 11.3. The number of amides is 2. The Balaban J connectivity index is 2.28. The quantitative estimate of drug-likeness (QED) is 0.481. The van der Waals surface area contributed by atoms with E-state index in [1.54, 1.807) is 0 Å². The van der Waals surface area contributed by atoms with Gasteiger partial charge in [0.1, 0.15) is 6.04 Å². The van der Waals surface area contributed by atoms with Crippen LogP contribution in [0.5, 0.6) is 0 Å². The van der Waals surface area contributed by atoms with Gasteiger partial charge in [0.05, 0.1) is 6.04 Å². The van der Waals surface area contributed by atoms with E-state index >= 15 is 0 Å². The van der Waals surface area contributed by atoms with E-state index in [1.165, 1.54) is 6.92 Å². The number of β-lactam (4-membered cyclic amide) rings is 1. The molecular formula is C8H11N3O4. The molecule has 0 aromatic carbocycles. The highest BCUT2D eigenvalue weighted by Gasteiger charge is 2.58. The van der Waals surface area contributed by atoms with Gasteiger partial charge in [-0.2, -0.15) is 0 Å². The fraction of sp³-hybridized carbons (Fsp3) is 0.625. The molecule has 3 atom stereocenters. The molecule has 3 unspecified atom stereocenters. The van der Waals surface area contributed by atoms with Gasteiger partial charge in [0.15, 0.2) is 0 Å².